The van der Waals surface area contributed by atoms with Crippen LogP contribution >= 0.6 is 126 Å². The van der Waals surface area contributed by atoms with Gasteiger partial charge in [0.25, 0.3) is 0 Å². The maximum atomic E-state index is 11.6. The van der Waals surface area contributed by atoms with Crippen molar-refractivity contribution in [3.8, 4) is 11.3 Å². The Balaban J connectivity index is 0.000000248. The van der Waals surface area contributed by atoms with Gasteiger partial charge in [0, 0.05) is 61.7 Å². The van der Waals surface area contributed by atoms with E-state index >= 15 is 0 Å². The zero-order valence-electron chi connectivity index (χ0n) is 35.1. The van der Waals surface area contributed by atoms with E-state index in [1.165, 1.54) is 63.2 Å². The summed E-state index contributed by atoms with van der Waals surface area (Å²) in [6, 6.07) is 24.1. The standard InChI is InChI=1S/C17H15N5OS.C7H5BrN2.C7H5N2.3C4H9.I3.I2.HI.Sn/c1-2-18-16(23)21-17-20-12-9-11(6-7-14(12)24-17)13-10-19-15-5-3-4-8-22(13)15;8-6-5-9-7-3-1-2-4-10(6)7;1-2-5-9-6-4-8-7(9)3-1;3*1-3-4-2;1-3-2;1-2;;/h3-10H,2H2,1H3,(H2,18,20,21,23);1-5H;1-5H;3*1,3-4H2,2H3;;;1H;/q;;;;;;-1;;;. The predicted molar refractivity (Wildman–Crippen MR) is 311 cm³/mol. The first kappa shape index (κ1) is 56.4. The van der Waals surface area contributed by atoms with Crippen molar-refractivity contribution in [3.05, 3.63) is 115 Å². The molecule has 62 heavy (non-hydrogen) atoms. The molecule has 2 N–H and O–H groups in total. The molecule has 0 saturated carbocycles. The van der Waals surface area contributed by atoms with Crippen molar-refractivity contribution in [2.24, 2.45) is 0 Å². The van der Waals surface area contributed by atoms with Gasteiger partial charge in [0.2, 0.25) is 0 Å². The Hall–Kier alpha value is 0.109. The number of benzene rings is 1. The first-order valence-electron chi connectivity index (χ1n) is 20.2. The van der Waals surface area contributed by atoms with Gasteiger partial charge in [0.05, 0.1) is 28.3 Å². The number of urea groups is 1. The van der Waals surface area contributed by atoms with Crippen molar-refractivity contribution in [1.29, 1.82) is 0 Å². The number of hydrogen-bond donors (Lipinski definition) is 2. The van der Waals surface area contributed by atoms with Crippen LogP contribution < -0.4 is 27.6 Å². The number of carbonyl (C=O) groups excluding carboxylic acids is 1. The van der Waals surface area contributed by atoms with E-state index in [0.29, 0.717) is 24.9 Å². The fourth-order valence-corrected chi connectivity index (χ4v) is 24.5. The van der Waals surface area contributed by atoms with E-state index in [-0.39, 0.29) is 30.0 Å². The molecule has 0 aliphatic rings. The summed E-state index contributed by atoms with van der Waals surface area (Å²) in [5, 5.41) is 6.04. The number of imidazole rings is 3. The Morgan fingerprint density at radius 1 is 0.742 bits per heavy atom. The second-order valence-electron chi connectivity index (χ2n) is 14.0. The Kier molecular flexibility index (Phi) is 28.4. The zero-order valence-corrected chi connectivity index (χ0v) is 53.5. The van der Waals surface area contributed by atoms with Crippen molar-refractivity contribution in [3.63, 3.8) is 0 Å². The van der Waals surface area contributed by atoms with Crippen LogP contribution in [0.3, 0.4) is 0 Å². The molecule has 0 aliphatic carbocycles. The van der Waals surface area contributed by atoms with Crippen LogP contribution in [0.1, 0.15) is 66.2 Å². The normalized spacial score (nSPS) is 10.7. The molecular formula is C43H53BrI6N9OSSn-. The third kappa shape index (κ3) is 16.4. The molecule has 0 fully saturated rings. The quantitative estimate of drug-likeness (QED) is 0.0884. The van der Waals surface area contributed by atoms with E-state index in [1.54, 1.807) is 9.91 Å². The summed E-state index contributed by atoms with van der Waals surface area (Å²) in [5.74, 6) is 0. The van der Waals surface area contributed by atoms with E-state index in [2.05, 4.69) is 172 Å². The molecule has 7 heterocycles. The summed E-state index contributed by atoms with van der Waals surface area (Å²) in [7, 11) is 0. The van der Waals surface area contributed by atoms with Gasteiger partial charge >= 0.3 is 197 Å². The van der Waals surface area contributed by atoms with Gasteiger partial charge in [-0.1, -0.05) is 29.5 Å². The number of nitrogens with one attached hydrogen (secondary N) is 2. The molecule has 2 amide bonds. The number of pyridine rings is 3. The first-order chi connectivity index (χ1) is 29.8. The number of fused-ring (bicyclic) bond motifs is 4. The number of rotatable bonds is 13. The Labute approximate surface area is 452 Å². The maximum absolute atomic E-state index is 11.6. The van der Waals surface area contributed by atoms with Crippen LogP contribution in [0.4, 0.5) is 9.93 Å². The summed E-state index contributed by atoms with van der Waals surface area (Å²) in [6.45, 7) is 9.47. The summed E-state index contributed by atoms with van der Waals surface area (Å²) in [5.41, 5.74) is 5.92. The molecule has 336 valence electrons. The molecule has 0 aliphatic heterocycles. The van der Waals surface area contributed by atoms with E-state index in [9.17, 15) is 4.79 Å². The second-order valence-corrected chi connectivity index (χ2v) is 45.1. The van der Waals surface area contributed by atoms with Crippen molar-refractivity contribution in [2.75, 3.05) is 11.9 Å². The number of anilines is 1. The molecule has 7 aromatic heterocycles. The first-order valence-corrected chi connectivity index (χ1v) is 48.1. The molecule has 0 unspecified atom stereocenters. The van der Waals surface area contributed by atoms with E-state index < -0.39 is 18.4 Å². The summed E-state index contributed by atoms with van der Waals surface area (Å²) >= 11 is 12.0. The van der Waals surface area contributed by atoms with Crippen LogP contribution in [-0.2, 0) is 0 Å². The predicted octanol–water partition coefficient (Wildman–Crippen LogP) is 12.4. The van der Waals surface area contributed by atoms with Crippen LogP contribution in [0, 0.1) is 0 Å². The zero-order chi connectivity index (χ0) is 44.0. The second kappa shape index (κ2) is 31.2. The molecular weight excluding hydrogens is 1650 g/mol. The van der Waals surface area contributed by atoms with E-state index in [0.717, 1.165) is 43.0 Å². The van der Waals surface area contributed by atoms with Crippen molar-refractivity contribution < 1.29 is 18.0 Å². The van der Waals surface area contributed by atoms with Crippen molar-refractivity contribution >= 4 is 186 Å². The SMILES string of the molecule is Brc1cnc2ccccn12.CCC[CH2][Sn]([CH2]CCC)([CH2]CCC)[c]1cnc2ccccn12.CCNC(=O)Nc1nc2cc(-c3cnc4ccccn34)ccc2s1.I.II.I[I-]I. The molecule has 10 nitrogen and oxygen atoms in total. The van der Waals surface area contributed by atoms with Crippen LogP contribution in [0.2, 0.25) is 13.3 Å². The fourth-order valence-electron chi connectivity index (χ4n) is 7.12. The molecule has 0 radical (unpaired) electrons. The molecule has 8 rings (SSSR count). The van der Waals surface area contributed by atoms with Crippen LogP contribution in [0.5, 0.6) is 0 Å². The topological polar surface area (TPSA) is 106 Å². The average Bonchev–Trinajstić information content (AvgIpc) is 4.10. The van der Waals surface area contributed by atoms with Gasteiger partial charge < -0.3 is 5.32 Å². The summed E-state index contributed by atoms with van der Waals surface area (Å²) in [6.07, 6.45) is 20.3. The van der Waals surface area contributed by atoms with Crippen LogP contribution in [-0.4, -0.2) is 64.1 Å². The molecule has 0 bridgehead atoms. The number of aromatic nitrogens is 7. The van der Waals surface area contributed by atoms with Gasteiger partial charge in [-0.15, -0.1) is 24.0 Å². The number of carbonyl (C=O) groups is 1. The minimum absolute atomic E-state index is 0. The van der Waals surface area contributed by atoms with Gasteiger partial charge in [-0.05, 0) is 59.3 Å². The third-order valence-corrected chi connectivity index (χ3v) is 26.9. The monoisotopic (exact) mass is 1700 g/mol. The van der Waals surface area contributed by atoms with Gasteiger partial charge in [-0.2, -0.15) is 0 Å². The Morgan fingerprint density at radius 3 is 1.82 bits per heavy atom. The number of hydrogen-bond acceptors (Lipinski definition) is 6. The molecule has 19 heteroatoms. The van der Waals surface area contributed by atoms with Crippen molar-refractivity contribution in [2.45, 2.75) is 79.5 Å². The van der Waals surface area contributed by atoms with Gasteiger partial charge in [-0.3, -0.25) is 14.1 Å². The molecule has 8 aromatic rings. The molecule has 0 spiro atoms. The molecule has 0 atom stereocenters. The van der Waals surface area contributed by atoms with E-state index in [1.807, 2.05) is 88.9 Å². The van der Waals surface area contributed by atoms with E-state index in [4.69, 9.17) is 4.98 Å². The van der Waals surface area contributed by atoms with Crippen molar-refractivity contribution in [1.82, 2.24) is 38.5 Å². The summed E-state index contributed by atoms with van der Waals surface area (Å²) < 4.78 is 14.6. The number of amides is 2. The summed E-state index contributed by atoms with van der Waals surface area (Å²) in [4.78, 5) is 29.4. The number of nitrogens with zero attached hydrogens (tertiary/aromatic N) is 7. The molecule has 0 saturated heterocycles. The number of thiazole rings is 1. The van der Waals surface area contributed by atoms with Gasteiger partial charge in [0.1, 0.15) is 15.9 Å². The molecule has 1 aromatic carbocycles. The Morgan fingerprint density at radius 2 is 1.26 bits per heavy atom. The van der Waals surface area contributed by atoms with Gasteiger partial charge in [0.15, 0.2) is 5.13 Å². The average molecular weight is 1700 g/mol. The third-order valence-electron chi connectivity index (χ3n) is 10.0. The minimum atomic E-state index is -2.34. The fraction of sp³-hybridized carbons (Fsp3) is 0.326. The Bertz CT molecular complexity index is 2490. The number of halogens is 7. The van der Waals surface area contributed by atoms with Crippen LogP contribution in [0.15, 0.2) is 115 Å². The number of unbranched alkanes of at least 4 members (excludes halogenated alkanes) is 3. The van der Waals surface area contributed by atoms with Gasteiger partial charge in [-0.25, -0.2) is 19.7 Å². The van der Waals surface area contributed by atoms with Crippen LogP contribution in [0.25, 0.3) is 38.4 Å².